The number of nitrogens with zero attached hydrogens (tertiary/aromatic N) is 2. The van der Waals surface area contributed by atoms with Crippen LogP contribution in [-0.2, 0) is 0 Å². The SMILES string of the molecule is C1=CCC(c2c3c4cccc5c6cc7ccccc7cc6n(c3c(-c3ccccc3)c3c6cccc7c8cc9ccccc9cc8n(c23)c76)c54)C=C1. The minimum absolute atomic E-state index is 0.228. The molecule has 0 saturated carbocycles. The van der Waals surface area contributed by atoms with Crippen LogP contribution in [-0.4, -0.2) is 8.80 Å². The molecule has 240 valence electrons. The molecule has 0 N–H and O–H groups in total. The van der Waals surface area contributed by atoms with Crippen LogP contribution in [0, 0.1) is 0 Å². The van der Waals surface area contributed by atoms with E-state index in [4.69, 9.17) is 0 Å². The topological polar surface area (TPSA) is 8.82 Å². The third-order valence-electron chi connectivity index (χ3n) is 12.2. The molecule has 8 aromatic carbocycles. The van der Waals surface area contributed by atoms with Crippen molar-refractivity contribution in [1.29, 1.82) is 0 Å². The summed E-state index contributed by atoms with van der Waals surface area (Å²) in [7, 11) is 0. The van der Waals surface area contributed by atoms with E-state index in [2.05, 4.69) is 173 Å². The highest BCUT2D eigenvalue weighted by atomic mass is 14.9. The minimum Gasteiger partial charge on any atom is -0.308 e. The summed E-state index contributed by atoms with van der Waals surface area (Å²) in [5.41, 5.74) is 11.9. The Labute approximate surface area is 298 Å². The summed E-state index contributed by atoms with van der Waals surface area (Å²) in [6, 6.07) is 52.5. The van der Waals surface area contributed by atoms with Gasteiger partial charge in [0.25, 0.3) is 0 Å². The zero-order valence-electron chi connectivity index (χ0n) is 28.3. The standard InChI is InChI=1S/C50H30N2/c1-3-13-29(14-4-1)43-45-37-23-11-21-35-40-26-32-18-8-10-20-34(32)28-42(40)52(47(35)37)50(45)44(30-15-5-2-6-16-30)46-38-24-12-22-36-39-25-31-17-7-9-19-33(31)27-41(39)51(48(36)38)49(43)46/h1-15,17-28,30H,16H2. The maximum absolute atomic E-state index is 2.65. The number of rotatable bonds is 2. The molecule has 0 fully saturated rings. The van der Waals surface area contributed by atoms with Gasteiger partial charge in [-0.3, -0.25) is 0 Å². The maximum atomic E-state index is 2.65. The fourth-order valence-corrected chi connectivity index (χ4v) is 10.1. The van der Waals surface area contributed by atoms with Crippen molar-refractivity contribution in [2.45, 2.75) is 12.3 Å². The Morgan fingerprint density at radius 2 is 0.962 bits per heavy atom. The highest BCUT2D eigenvalue weighted by Gasteiger charge is 2.32. The summed E-state index contributed by atoms with van der Waals surface area (Å²) in [5.74, 6) is 0.228. The van der Waals surface area contributed by atoms with Gasteiger partial charge in [-0.15, -0.1) is 0 Å². The summed E-state index contributed by atoms with van der Waals surface area (Å²) >= 11 is 0. The lowest BCUT2D eigenvalue weighted by molar-refractivity contribution is 0.867. The largest absolute Gasteiger partial charge is 0.308 e. The number of benzene rings is 8. The highest BCUT2D eigenvalue weighted by Crippen LogP contribution is 2.54. The zero-order chi connectivity index (χ0) is 33.7. The van der Waals surface area contributed by atoms with Gasteiger partial charge in [-0.25, -0.2) is 0 Å². The van der Waals surface area contributed by atoms with Crippen LogP contribution in [0.15, 0.2) is 164 Å². The van der Waals surface area contributed by atoms with Gasteiger partial charge in [-0.1, -0.05) is 140 Å². The fraction of sp³-hybridized carbons (Fsp3) is 0.0400. The molecule has 1 aliphatic carbocycles. The van der Waals surface area contributed by atoms with E-state index in [0.29, 0.717) is 0 Å². The molecule has 0 spiro atoms. The Bertz CT molecular complexity index is 3530. The summed E-state index contributed by atoms with van der Waals surface area (Å²) < 4.78 is 5.28. The normalized spacial score (nSPS) is 15.3. The highest BCUT2D eigenvalue weighted by molar-refractivity contribution is 6.35. The molecule has 0 radical (unpaired) electrons. The molecule has 0 amide bonds. The van der Waals surface area contributed by atoms with Gasteiger partial charge in [0, 0.05) is 54.6 Å². The van der Waals surface area contributed by atoms with Gasteiger partial charge < -0.3 is 8.80 Å². The van der Waals surface area contributed by atoms with Gasteiger partial charge in [-0.05, 0) is 63.4 Å². The monoisotopic (exact) mass is 658 g/mol. The number of hydrogen-bond donors (Lipinski definition) is 0. The second-order valence-corrected chi connectivity index (χ2v) is 14.8. The summed E-state index contributed by atoms with van der Waals surface area (Å²) in [4.78, 5) is 0. The molecule has 1 unspecified atom stereocenters. The van der Waals surface area contributed by atoms with Crippen molar-refractivity contribution in [1.82, 2.24) is 8.80 Å². The van der Waals surface area contributed by atoms with Crippen LogP contribution in [0.5, 0.6) is 0 Å². The summed E-state index contributed by atoms with van der Waals surface area (Å²) in [5, 5.41) is 15.8. The number of fused-ring (bicyclic) bond motifs is 14. The van der Waals surface area contributed by atoms with Crippen molar-refractivity contribution in [2.75, 3.05) is 0 Å². The number of hydrogen-bond acceptors (Lipinski definition) is 0. The molecule has 4 aromatic heterocycles. The van der Waals surface area contributed by atoms with Gasteiger partial charge in [0.2, 0.25) is 0 Å². The maximum Gasteiger partial charge on any atom is 0.0630 e. The van der Waals surface area contributed by atoms with Gasteiger partial charge in [0.15, 0.2) is 0 Å². The molecule has 4 heterocycles. The Morgan fingerprint density at radius 1 is 0.423 bits per heavy atom. The number of para-hydroxylation sites is 2. The zero-order valence-corrected chi connectivity index (χ0v) is 28.3. The van der Waals surface area contributed by atoms with E-state index in [1.807, 2.05) is 0 Å². The molecule has 0 aliphatic heterocycles. The number of aromatic nitrogens is 2. The third-order valence-corrected chi connectivity index (χ3v) is 12.2. The average Bonchev–Trinajstić information content (AvgIpc) is 3.93. The molecule has 0 saturated heterocycles. The van der Waals surface area contributed by atoms with Crippen LogP contribution < -0.4 is 0 Å². The predicted molar refractivity (Wildman–Crippen MR) is 222 cm³/mol. The first-order valence-electron chi connectivity index (χ1n) is 18.4. The number of allylic oxidation sites excluding steroid dienone is 4. The molecular weight excluding hydrogens is 629 g/mol. The summed E-state index contributed by atoms with van der Waals surface area (Å²) in [6.07, 6.45) is 10.2. The molecule has 2 nitrogen and oxygen atoms in total. The van der Waals surface area contributed by atoms with E-state index < -0.39 is 0 Å². The average molecular weight is 659 g/mol. The second-order valence-electron chi connectivity index (χ2n) is 14.8. The Balaban J connectivity index is 1.38. The molecule has 13 rings (SSSR count). The summed E-state index contributed by atoms with van der Waals surface area (Å²) in [6.45, 7) is 0. The third kappa shape index (κ3) is 3.22. The van der Waals surface area contributed by atoms with E-state index in [9.17, 15) is 0 Å². The smallest absolute Gasteiger partial charge is 0.0630 e. The van der Waals surface area contributed by atoms with E-state index in [1.165, 1.54) is 114 Å². The molecule has 12 aromatic rings. The molecule has 1 aliphatic rings. The Morgan fingerprint density at radius 3 is 1.56 bits per heavy atom. The molecule has 52 heavy (non-hydrogen) atoms. The quantitative estimate of drug-likeness (QED) is 0.175. The van der Waals surface area contributed by atoms with Crippen LogP contribution in [0.25, 0.3) is 109 Å². The predicted octanol–water partition coefficient (Wildman–Crippen LogP) is 13.6. The molecular formula is C50H30N2. The van der Waals surface area contributed by atoms with Crippen molar-refractivity contribution < 1.29 is 0 Å². The van der Waals surface area contributed by atoms with Crippen molar-refractivity contribution >= 4 is 97.7 Å². The lowest BCUT2D eigenvalue weighted by atomic mass is 9.84. The van der Waals surface area contributed by atoms with E-state index in [1.54, 1.807) is 0 Å². The lowest BCUT2D eigenvalue weighted by Crippen LogP contribution is -2.02. The van der Waals surface area contributed by atoms with E-state index >= 15 is 0 Å². The van der Waals surface area contributed by atoms with Gasteiger partial charge >= 0.3 is 0 Å². The Hall–Kier alpha value is -6.64. The van der Waals surface area contributed by atoms with Gasteiger partial charge in [0.05, 0.1) is 33.1 Å². The molecule has 1 atom stereocenters. The molecule has 0 bridgehead atoms. The van der Waals surface area contributed by atoms with E-state index in [0.717, 1.165) is 6.42 Å². The first-order chi connectivity index (χ1) is 25.8. The van der Waals surface area contributed by atoms with Gasteiger partial charge in [-0.2, -0.15) is 0 Å². The van der Waals surface area contributed by atoms with Crippen LogP contribution in [0.2, 0.25) is 0 Å². The van der Waals surface area contributed by atoms with Crippen molar-refractivity contribution in [3.8, 4) is 11.1 Å². The van der Waals surface area contributed by atoms with Crippen LogP contribution in [0.1, 0.15) is 17.9 Å². The first-order valence-corrected chi connectivity index (χ1v) is 18.4. The molecule has 2 heteroatoms. The first kappa shape index (κ1) is 27.1. The second kappa shape index (κ2) is 9.57. The van der Waals surface area contributed by atoms with Crippen molar-refractivity contribution in [3.63, 3.8) is 0 Å². The van der Waals surface area contributed by atoms with Crippen molar-refractivity contribution in [2.24, 2.45) is 0 Å². The van der Waals surface area contributed by atoms with E-state index in [-0.39, 0.29) is 5.92 Å². The fourth-order valence-electron chi connectivity index (χ4n) is 10.1. The lowest BCUT2D eigenvalue weighted by Gasteiger charge is -2.20. The van der Waals surface area contributed by atoms with Crippen LogP contribution >= 0.6 is 0 Å². The van der Waals surface area contributed by atoms with Gasteiger partial charge in [0.1, 0.15) is 0 Å². The Kier molecular flexibility index (Phi) is 4.99. The van der Waals surface area contributed by atoms with Crippen LogP contribution in [0.3, 0.4) is 0 Å². The van der Waals surface area contributed by atoms with Crippen LogP contribution in [0.4, 0.5) is 0 Å². The minimum atomic E-state index is 0.228. The van der Waals surface area contributed by atoms with Crippen molar-refractivity contribution in [3.05, 3.63) is 169 Å².